The summed E-state index contributed by atoms with van der Waals surface area (Å²) in [6, 6.07) is 0.359. The van der Waals surface area contributed by atoms with Gasteiger partial charge in [0.05, 0.1) is 11.9 Å². The van der Waals surface area contributed by atoms with Crippen LogP contribution >= 0.6 is 0 Å². The van der Waals surface area contributed by atoms with Crippen LogP contribution in [0.1, 0.15) is 18.5 Å². The second-order valence-electron chi connectivity index (χ2n) is 3.77. The molecule has 1 unspecified atom stereocenters. The van der Waals surface area contributed by atoms with Crippen LogP contribution in [0.15, 0.2) is 6.20 Å². The standard InChI is InChI=1S/C9H15N5O/c1-14-8(6-12-13-14)5-10-7-2-3-9(15)11-4-7/h6-7,10H,2-5H2,1H3,(H,11,15). The molecule has 15 heavy (non-hydrogen) atoms. The molecule has 1 aromatic heterocycles. The van der Waals surface area contributed by atoms with Crippen molar-refractivity contribution < 1.29 is 4.79 Å². The van der Waals surface area contributed by atoms with Crippen molar-refractivity contribution in [2.24, 2.45) is 7.05 Å². The quantitative estimate of drug-likeness (QED) is 0.682. The van der Waals surface area contributed by atoms with Crippen molar-refractivity contribution in [3.05, 3.63) is 11.9 Å². The Hall–Kier alpha value is -1.43. The molecule has 1 atom stereocenters. The highest BCUT2D eigenvalue weighted by molar-refractivity contribution is 5.76. The predicted octanol–water partition coefficient (Wildman–Crippen LogP) is -0.817. The van der Waals surface area contributed by atoms with E-state index in [0.717, 1.165) is 18.7 Å². The predicted molar refractivity (Wildman–Crippen MR) is 53.9 cm³/mol. The summed E-state index contributed by atoms with van der Waals surface area (Å²) in [5.74, 6) is 0.148. The maximum atomic E-state index is 10.9. The minimum Gasteiger partial charge on any atom is -0.355 e. The van der Waals surface area contributed by atoms with Crippen molar-refractivity contribution in [3.8, 4) is 0 Å². The first-order valence-corrected chi connectivity index (χ1v) is 5.09. The van der Waals surface area contributed by atoms with E-state index < -0.39 is 0 Å². The lowest BCUT2D eigenvalue weighted by molar-refractivity contribution is -0.122. The zero-order valence-electron chi connectivity index (χ0n) is 8.73. The molecule has 0 saturated carbocycles. The Bertz CT molecular complexity index is 338. The molecule has 1 saturated heterocycles. The average Bonchev–Trinajstić information content (AvgIpc) is 2.63. The van der Waals surface area contributed by atoms with Gasteiger partial charge >= 0.3 is 0 Å². The zero-order chi connectivity index (χ0) is 10.7. The molecule has 1 fully saturated rings. The maximum Gasteiger partial charge on any atom is 0.220 e. The summed E-state index contributed by atoms with van der Waals surface area (Å²) < 4.78 is 1.74. The van der Waals surface area contributed by atoms with E-state index in [2.05, 4.69) is 20.9 Å². The number of nitrogens with one attached hydrogen (secondary N) is 2. The van der Waals surface area contributed by atoms with Gasteiger partial charge in [-0.3, -0.25) is 9.48 Å². The van der Waals surface area contributed by atoms with Gasteiger partial charge in [-0.2, -0.15) is 0 Å². The van der Waals surface area contributed by atoms with Gasteiger partial charge in [-0.05, 0) is 6.42 Å². The van der Waals surface area contributed by atoms with E-state index in [-0.39, 0.29) is 5.91 Å². The number of nitrogens with zero attached hydrogens (tertiary/aromatic N) is 3. The minimum atomic E-state index is 0.148. The van der Waals surface area contributed by atoms with Crippen LogP contribution in [-0.2, 0) is 18.4 Å². The van der Waals surface area contributed by atoms with E-state index in [9.17, 15) is 4.79 Å². The Morgan fingerprint density at radius 2 is 2.60 bits per heavy atom. The molecule has 6 nitrogen and oxygen atoms in total. The van der Waals surface area contributed by atoms with Gasteiger partial charge in [0, 0.05) is 32.6 Å². The summed E-state index contributed by atoms with van der Waals surface area (Å²) in [6.45, 7) is 1.45. The molecule has 2 heterocycles. The maximum absolute atomic E-state index is 10.9. The number of piperidine rings is 1. The molecule has 1 aromatic rings. The van der Waals surface area contributed by atoms with Crippen LogP contribution in [0, 0.1) is 0 Å². The first-order valence-electron chi connectivity index (χ1n) is 5.09. The van der Waals surface area contributed by atoms with E-state index in [1.54, 1.807) is 10.9 Å². The topological polar surface area (TPSA) is 71.8 Å². The van der Waals surface area contributed by atoms with Gasteiger partial charge in [-0.25, -0.2) is 0 Å². The monoisotopic (exact) mass is 209 g/mol. The lowest BCUT2D eigenvalue weighted by Crippen LogP contribution is -2.45. The first kappa shape index (κ1) is 10.1. The van der Waals surface area contributed by atoms with Crippen molar-refractivity contribution in [3.63, 3.8) is 0 Å². The Morgan fingerprint density at radius 3 is 3.20 bits per heavy atom. The molecule has 6 heteroatoms. The summed E-state index contributed by atoms with van der Waals surface area (Å²) in [5.41, 5.74) is 1.05. The number of aryl methyl sites for hydroxylation is 1. The highest BCUT2D eigenvalue weighted by atomic mass is 16.1. The normalized spacial score (nSPS) is 21.4. The largest absolute Gasteiger partial charge is 0.355 e. The van der Waals surface area contributed by atoms with Gasteiger partial charge in [0.2, 0.25) is 5.91 Å². The van der Waals surface area contributed by atoms with Crippen molar-refractivity contribution in [1.29, 1.82) is 0 Å². The summed E-state index contributed by atoms with van der Waals surface area (Å²) in [4.78, 5) is 10.9. The van der Waals surface area contributed by atoms with Crippen LogP contribution in [0.2, 0.25) is 0 Å². The van der Waals surface area contributed by atoms with Gasteiger partial charge in [0.25, 0.3) is 0 Å². The van der Waals surface area contributed by atoms with Crippen LogP contribution in [0.3, 0.4) is 0 Å². The Labute approximate surface area is 88.0 Å². The van der Waals surface area contributed by atoms with Gasteiger partial charge in [0.15, 0.2) is 0 Å². The van der Waals surface area contributed by atoms with Crippen LogP contribution in [0.25, 0.3) is 0 Å². The minimum absolute atomic E-state index is 0.148. The van der Waals surface area contributed by atoms with Crippen molar-refractivity contribution in [1.82, 2.24) is 25.6 Å². The van der Waals surface area contributed by atoms with Gasteiger partial charge in [0.1, 0.15) is 0 Å². The molecule has 0 bridgehead atoms. The number of aromatic nitrogens is 3. The van der Waals surface area contributed by atoms with Crippen molar-refractivity contribution >= 4 is 5.91 Å². The van der Waals surface area contributed by atoms with Crippen LogP contribution < -0.4 is 10.6 Å². The third kappa shape index (κ3) is 2.53. The van der Waals surface area contributed by atoms with E-state index >= 15 is 0 Å². The van der Waals surface area contributed by atoms with E-state index in [4.69, 9.17) is 0 Å². The molecule has 0 spiro atoms. The second kappa shape index (κ2) is 4.39. The molecular weight excluding hydrogens is 194 g/mol. The molecule has 1 amide bonds. The fourth-order valence-electron chi connectivity index (χ4n) is 1.63. The first-order chi connectivity index (χ1) is 7.25. The lowest BCUT2D eigenvalue weighted by Gasteiger charge is -2.23. The SMILES string of the molecule is Cn1nncc1CNC1CCC(=O)NC1. The van der Waals surface area contributed by atoms with Crippen LogP contribution in [0.5, 0.6) is 0 Å². The van der Waals surface area contributed by atoms with Gasteiger partial charge < -0.3 is 10.6 Å². The average molecular weight is 209 g/mol. The van der Waals surface area contributed by atoms with E-state index in [1.165, 1.54) is 0 Å². The summed E-state index contributed by atoms with van der Waals surface area (Å²) in [6.07, 6.45) is 3.26. The number of amides is 1. The number of hydrogen-bond donors (Lipinski definition) is 2. The third-order valence-corrected chi connectivity index (χ3v) is 2.65. The zero-order valence-corrected chi connectivity index (χ0v) is 8.73. The molecule has 0 aromatic carbocycles. The highest BCUT2D eigenvalue weighted by Crippen LogP contribution is 2.03. The molecule has 2 N–H and O–H groups in total. The van der Waals surface area contributed by atoms with Crippen LogP contribution in [-0.4, -0.2) is 33.5 Å². The molecule has 2 rings (SSSR count). The molecule has 0 aliphatic carbocycles. The molecular formula is C9H15N5O. The van der Waals surface area contributed by atoms with E-state index in [0.29, 0.717) is 19.0 Å². The highest BCUT2D eigenvalue weighted by Gasteiger charge is 2.17. The molecule has 0 radical (unpaired) electrons. The Morgan fingerprint density at radius 1 is 1.73 bits per heavy atom. The van der Waals surface area contributed by atoms with Gasteiger partial charge in [-0.15, -0.1) is 5.10 Å². The third-order valence-electron chi connectivity index (χ3n) is 2.65. The molecule has 1 aliphatic rings. The number of hydrogen-bond acceptors (Lipinski definition) is 4. The number of rotatable bonds is 3. The molecule has 1 aliphatic heterocycles. The lowest BCUT2D eigenvalue weighted by atomic mass is 10.1. The van der Waals surface area contributed by atoms with Crippen molar-refractivity contribution in [2.75, 3.05) is 6.54 Å². The van der Waals surface area contributed by atoms with Crippen molar-refractivity contribution in [2.45, 2.75) is 25.4 Å². The van der Waals surface area contributed by atoms with E-state index in [1.807, 2.05) is 7.05 Å². The summed E-state index contributed by atoms with van der Waals surface area (Å²) in [7, 11) is 1.87. The van der Waals surface area contributed by atoms with Crippen LogP contribution in [0.4, 0.5) is 0 Å². The second-order valence-corrected chi connectivity index (χ2v) is 3.77. The van der Waals surface area contributed by atoms with Gasteiger partial charge in [-0.1, -0.05) is 5.21 Å². The fraction of sp³-hybridized carbons (Fsp3) is 0.667. The number of carbonyl (C=O) groups is 1. The fourth-order valence-corrected chi connectivity index (χ4v) is 1.63. The summed E-state index contributed by atoms with van der Waals surface area (Å²) in [5, 5.41) is 13.9. The Kier molecular flexibility index (Phi) is 2.96. The Balaban J connectivity index is 1.79. The summed E-state index contributed by atoms with van der Waals surface area (Å²) >= 11 is 0. The number of carbonyl (C=O) groups excluding carboxylic acids is 1. The smallest absolute Gasteiger partial charge is 0.220 e. The molecule has 82 valence electrons.